The molecule has 0 aromatic carbocycles. The van der Waals surface area contributed by atoms with Gasteiger partial charge in [0.25, 0.3) is 0 Å². The van der Waals surface area contributed by atoms with Gasteiger partial charge in [0.1, 0.15) is 20.9 Å². The molecule has 1 N–H and O–H groups in total. The summed E-state index contributed by atoms with van der Waals surface area (Å²) in [4.78, 5) is 23.5. The van der Waals surface area contributed by atoms with Crippen molar-refractivity contribution < 1.29 is 9.90 Å². The molecule has 0 aliphatic carbocycles. The van der Waals surface area contributed by atoms with E-state index in [1.807, 2.05) is 4.57 Å². The van der Waals surface area contributed by atoms with E-state index in [0.717, 1.165) is 0 Å². The zero-order valence-corrected chi connectivity index (χ0v) is 15.1. The van der Waals surface area contributed by atoms with Gasteiger partial charge < -0.3 is 9.67 Å². The average molecular weight is 401 g/mol. The molecule has 23 heavy (non-hydrogen) atoms. The van der Waals surface area contributed by atoms with Crippen LogP contribution in [0.15, 0.2) is 21.7 Å². The Hall–Kier alpha value is -1.60. The molecule has 0 radical (unpaired) electrons. The number of carboxylic acids is 1. The summed E-state index contributed by atoms with van der Waals surface area (Å²) in [5.41, 5.74) is 0.245. The predicted molar refractivity (Wildman–Crippen MR) is 90.1 cm³/mol. The van der Waals surface area contributed by atoms with Crippen molar-refractivity contribution in [2.24, 2.45) is 5.41 Å². The van der Waals surface area contributed by atoms with Gasteiger partial charge in [-0.3, -0.25) is 9.48 Å². The first kappa shape index (κ1) is 16.3. The second kappa shape index (κ2) is 5.21. The van der Waals surface area contributed by atoms with Gasteiger partial charge in [0.2, 0.25) is 0 Å². The lowest BCUT2D eigenvalue weighted by Gasteiger charge is -2.38. The lowest BCUT2D eigenvalue weighted by molar-refractivity contribution is 0.0693. The topological polar surface area (TPSA) is 77.1 Å². The third kappa shape index (κ3) is 2.52. The lowest BCUT2D eigenvalue weighted by Crippen LogP contribution is -2.35. The molecular weight excluding hydrogens is 386 g/mol. The highest BCUT2D eigenvalue weighted by molar-refractivity contribution is 9.10. The molecule has 0 unspecified atom stereocenters. The van der Waals surface area contributed by atoms with Gasteiger partial charge in [-0.1, -0.05) is 32.4 Å². The Morgan fingerprint density at radius 1 is 1.48 bits per heavy atom. The molecule has 1 aliphatic heterocycles. The minimum atomic E-state index is -1.23. The first-order chi connectivity index (χ1) is 10.6. The molecular formula is C15H15BrClN3O3. The van der Waals surface area contributed by atoms with Gasteiger partial charge in [0.15, 0.2) is 5.43 Å². The highest BCUT2D eigenvalue weighted by Crippen LogP contribution is 2.43. The number of nitrogens with zero attached hydrogens (tertiary/aromatic N) is 3. The third-order valence-corrected chi connectivity index (χ3v) is 5.23. The van der Waals surface area contributed by atoms with Gasteiger partial charge in [-0.15, -0.1) is 0 Å². The number of rotatable bonds is 1. The SMILES string of the molecule is CC(C)(C)[C@@H]1Cn2nc(Br)c(Cl)c2-c2cc(=O)c(C(=O)O)cn21. The van der Waals surface area contributed by atoms with Crippen molar-refractivity contribution >= 4 is 33.5 Å². The maximum absolute atomic E-state index is 12.1. The van der Waals surface area contributed by atoms with Gasteiger partial charge in [0.05, 0.1) is 18.3 Å². The number of carbonyl (C=O) groups is 1. The molecule has 122 valence electrons. The summed E-state index contributed by atoms with van der Waals surface area (Å²) in [6.07, 6.45) is 1.41. The van der Waals surface area contributed by atoms with Crippen molar-refractivity contribution in [2.75, 3.05) is 0 Å². The molecule has 6 nitrogen and oxygen atoms in total. The van der Waals surface area contributed by atoms with E-state index in [1.165, 1.54) is 12.3 Å². The van der Waals surface area contributed by atoms with Crippen LogP contribution >= 0.6 is 27.5 Å². The zero-order chi connectivity index (χ0) is 17.1. The summed E-state index contributed by atoms with van der Waals surface area (Å²) in [7, 11) is 0. The number of pyridine rings is 1. The molecule has 0 spiro atoms. The third-order valence-electron chi connectivity index (χ3n) is 4.09. The Balaban J connectivity index is 2.37. The van der Waals surface area contributed by atoms with E-state index in [-0.39, 0.29) is 17.0 Å². The maximum atomic E-state index is 12.1. The van der Waals surface area contributed by atoms with Gasteiger partial charge in [-0.2, -0.15) is 5.10 Å². The molecule has 3 heterocycles. The molecule has 0 saturated heterocycles. The Kier molecular flexibility index (Phi) is 3.68. The number of aromatic carboxylic acids is 1. The number of fused-ring (bicyclic) bond motifs is 3. The van der Waals surface area contributed by atoms with Crippen molar-refractivity contribution in [1.29, 1.82) is 0 Å². The molecule has 0 saturated carbocycles. The van der Waals surface area contributed by atoms with E-state index in [4.69, 9.17) is 11.6 Å². The van der Waals surface area contributed by atoms with Crippen LogP contribution in [0.25, 0.3) is 11.4 Å². The molecule has 2 aromatic heterocycles. The largest absolute Gasteiger partial charge is 0.477 e. The molecule has 3 rings (SSSR count). The van der Waals surface area contributed by atoms with E-state index < -0.39 is 11.4 Å². The minimum absolute atomic E-state index is 0.0634. The molecule has 0 amide bonds. The molecule has 1 atom stereocenters. The molecule has 8 heteroatoms. The Labute approximate surface area is 145 Å². The minimum Gasteiger partial charge on any atom is -0.477 e. The van der Waals surface area contributed by atoms with Crippen LogP contribution in [-0.2, 0) is 6.54 Å². The van der Waals surface area contributed by atoms with Crippen LogP contribution in [0.4, 0.5) is 0 Å². The standard InChI is InChI=1S/C15H15BrClN3O3/c1-15(2,3)10-6-20-12(11(17)13(16)18-20)8-4-9(21)7(14(22)23)5-19(8)10/h4-5,10H,6H2,1-3H3,(H,22,23)/t10-/m0/s1. The van der Waals surface area contributed by atoms with Crippen LogP contribution < -0.4 is 5.43 Å². The van der Waals surface area contributed by atoms with Crippen molar-refractivity contribution in [3.8, 4) is 11.4 Å². The van der Waals surface area contributed by atoms with Crippen LogP contribution in [-0.4, -0.2) is 25.4 Å². The quantitative estimate of drug-likeness (QED) is 0.795. The summed E-state index contributed by atoms with van der Waals surface area (Å²) < 4.78 is 4.10. The fraction of sp³-hybridized carbons (Fsp3) is 0.400. The molecule has 0 fully saturated rings. The highest BCUT2D eigenvalue weighted by Gasteiger charge is 2.35. The predicted octanol–water partition coefficient (Wildman–Crippen LogP) is 3.43. The van der Waals surface area contributed by atoms with Crippen LogP contribution in [0, 0.1) is 5.41 Å². The number of hydrogen-bond donors (Lipinski definition) is 1. The smallest absolute Gasteiger partial charge is 0.341 e. The average Bonchev–Trinajstić information content (AvgIpc) is 2.71. The van der Waals surface area contributed by atoms with E-state index in [0.29, 0.717) is 27.6 Å². The van der Waals surface area contributed by atoms with Crippen molar-refractivity contribution in [3.63, 3.8) is 0 Å². The number of aromatic nitrogens is 3. The van der Waals surface area contributed by atoms with Crippen molar-refractivity contribution in [1.82, 2.24) is 14.3 Å². The fourth-order valence-corrected chi connectivity index (χ4v) is 3.50. The fourth-order valence-electron chi connectivity index (χ4n) is 2.89. The summed E-state index contributed by atoms with van der Waals surface area (Å²) in [5, 5.41) is 14.0. The van der Waals surface area contributed by atoms with Crippen LogP contribution in [0.1, 0.15) is 37.2 Å². The number of hydrogen-bond acceptors (Lipinski definition) is 3. The normalized spacial score (nSPS) is 16.8. The molecule has 1 aliphatic rings. The number of halogens is 2. The Morgan fingerprint density at radius 3 is 2.70 bits per heavy atom. The van der Waals surface area contributed by atoms with E-state index in [1.54, 1.807) is 4.68 Å². The van der Waals surface area contributed by atoms with Gasteiger partial charge >= 0.3 is 5.97 Å². The Morgan fingerprint density at radius 2 is 2.13 bits per heavy atom. The van der Waals surface area contributed by atoms with E-state index in [2.05, 4.69) is 41.8 Å². The second-order valence-electron chi connectivity index (χ2n) is 6.67. The first-order valence-corrected chi connectivity index (χ1v) is 8.20. The van der Waals surface area contributed by atoms with Crippen LogP contribution in [0.5, 0.6) is 0 Å². The highest BCUT2D eigenvalue weighted by atomic mass is 79.9. The monoisotopic (exact) mass is 399 g/mol. The van der Waals surface area contributed by atoms with Crippen molar-refractivity contribution in [3.05, 3.63) is 37.7 Å². The lowest BCUT2D eigenvalue weighted by atomic mass is 9.85. The van der Waals surface area contributed by atoms with Crippen molar-refractivity contribution in [2.45, 2.75) is 33.4 Å². The summed E-state index contributed by atoms with van der Waals surface area (Å²) in [5.74, 6) is -1.23. The van der Waals surface area contributed by atoms with E-state index >= 15 is 0 Å². The van der Waals surface area contributed by atoms with Gasteiger partial charge in [0, 0.05) is 12.3 Å². The van der Waals surface area contributed by atoms with Crippen LogP contribution in [0.3, 0.4) is 0 Å². The van der Waals surface area contributed by atoms with Crippen LogP contribution in [0.2, 0.25) is 5.02 Å². The number of carboxylic acid groups (broad SMARTS) is 1. The summed E-state index contributed by atoms with van der Waals surface area (Å²) >= 11 is 9.62. The maximum Gasteiger partial charge on any atom is 0.341 e. The molecule has 2 aromatic rings. The van der Waals surface area contributed by atoms with E-state index in [9.17, 15) is 14.7 Å². The Bertz CT molecular complexity index is 879. The summed E-state index contributed by atoms with van der Waals surface area (Å²) in [6.45, 7) is 6.72. The molecule has 0 bridgehead atoms. The summed E-state index contributed by atoms with van der Waals surface area (Å²) in [6, 6.07) is 1.26. The van der Waals surface area contributed by atoms with Gasteiger partial charge in [-0.05, 0) is 21.3 Å². The van der Waals surface area contributed by atoms with Gasteiger partial charge in [-0.25, -0.2) is 4.79 Å². The zero-order valence-electron chi connectivity index (χ0n) is 12.8. The first-order valence-electron chi connectivity index (χ1n) is 7.03. The second-order valence-corrected chi connectivity index (χ2v) is 7.80.